The number of rotatable bonds is 2. The van der Waals surface area contributed by atoms with E-state index in [4.69, 9.17) is 0 Å². The molecule has 5 nitrogen and oxygen atoms in total. The summed E-state index contributed by atoms with van der Waals surface area (Å²) in [6.45, 7) is 0. The van der Waals surface area contributed by atoms with Crippen molar-refractivity contribution in [3.63, 3.8) is 0 Å². The van der Waals surface area contributed by atoms with Crippen LogP contribution in [0.5, 0.6) is 0 Å². The van der Waals surface area contributed by atoms with E-state index >= 15 is 0 Å². The molecular weight excluding hydrogens is 285 g/mol. The lowest BCUT2D eigenvalue weighted by Crippen LogP contribution is -2.39. The summed E-state index contributed by atoms with van der Waals surface area (Å²) in [6.07, 6.45) is 5.45. The molecule has 116 valence electrons. The van der Waals surface area contributed by atoms with Gasteiger partial charge in [-0.15, -0.1) is 0 Å². The summed E-state index contributed by atoms with van der Waals surface area (Å²) in [6, 6.07) is 5.56. The summed E-state index contributed by atoms with van der Waals surface area (Å²) in [7, 11) is 0. The number of amides is 2. The minimum atomic E-state index is -0.567. The third kappa shape index (κ3) is 3.27. The van der Waals surface area contributed by atoms with Crippen LogP contribution in [0.25, 0.3) is 10.9 Å². The predicted molar refractivity (Wildman–Crippen MR) is 83.6 cm³/mol. The molecular formula is C16H18FN3O2. The normalized spacial score (nSPS) is 15.7. The summed E-state index contributed by atoms with van der Waals surface area (Å²) < 4.78 is 14.0. The first-order chi connectivity index (χ1) is 10.6. The van der Waals surface area contributed by atoms with Gasteiger partial charge in [0.1, 0.15) is 5.82 Å². The molecule has 0 atom stereocenters. The number of aromatic nitrogens is 1. The number of carbonyl (C=O) groups is 1. The lowest BCUT2D eigenvalue weighted by atomic mass is 9.96. The van der Waals surface area contributed by atoms with Crippen LogP contribution in [0.2, 0.25) is 0 Å². The molecule has 0 radical (unpaired) electrons. The topological polar surface area (TPSA) is 74.0 Å². The monoisotopic (exact) mass is 303 g/mol. The molecule has 1 aliphatic carbocycles. The zero-order chi connectivity index (χ0) is 15.5. The summed E-state index contributed by atoms with van der Waals surface area (Å²) >= 11 is 0. The Bertz CT molecular complexity index is 751. The fraction of sp³-hybridized carbons (Fsp3) is 0.375. The largest absolute Gasteiger partial charge is 0.335 e. The molecule has 1 fully saturated rings. The lowest BCUT2D eigenvalue weighted by molar-refractivity contribution is 0.244. The number of H-pyrrole nitrogens is 1. The Hall–Kier alpha value is -2.37. The van der Waals surface area contributed by atoms with E-state index in [2.05, 4.69) is 15.6 Å². The number of fused-ring (bicyclic) bond motifs is 1. The number of benzene rings is 1. The third-order valence-corrected chi connectivity index (χ3v) is 3.98. The molecule has 6 heteroatoms. The molecule has 0 aliphatic heterocycles. The minimum absolute atomic E-state index is 0.144. The van der Waals surface area contributed by atoms with Crippen molar-refractivity contribution >= 4 is 22.6 Å². The van der Waals surface area contributed by atoms with E-state index in [-0.39, 0.29) is 23.1 Å². The van der Waals surface area contributed by atoms with Crippen molar-refractivity contribution < 1.29 is 9.18 Å². The van der Waals surface area contributed by atoms with Gasteiger partial charge in [0.2, 0.25) is 5.56 Å². The van der Waals surface area contributed by atoms with Crippen LogP contribution in [0.15, 0.2) is 29.1 Å². The number of hydrogen-bond donors (Lipinski definition) is 3. The van der Waals surface area contributed by atoms with Gasteiger partial charge >= 0.3 is 6.03 Å². The van der Waals surface area contributed by atoms with Crippen molar-refractivity contribution in [3.8, 4) is 0 Å². The highest BCUT2D eigenvalue weighted by Crippen LogP contribution is 2.21. The number of aromatic amines is 1. The molecule has 0 spiro atoms. The Morgan fingerprint density at radius 1 is 1.18 bits per heavy atom. The summed E-state index contributed by atoms with van der Waals surface area (Å²) in [5.41, 5.74) is 0.151. The average Bonchev–Trinajstić information content (AvgIpc) is 2.49. The van der Waals surface area contributed by atoms with Crippen molar-refractivity contribution in [1.29, 1.82) is 0 Å². The van der Waals surface area contributed by atoms with Gasteiger partial charge in [0.25, 0.3) is 0 Å². The highest BCUT2D eigenvalue weighted by molar-refractivity contribution is 5.92. The van der Waals surface area contributed by atoms with Crippen LogP contribution < -0.4 is 16.2 Å². The molecule has 1 aromatic heterocycles. The van der Waals surface area contributed by atoms with Crippen molar-refractivity contribution in [3.05, 3.63) is 40.4 Å². The first kappa shape index (κ1) is 14.6. The maximum Gasteiger partial charge on any atom is 0.319 e. The Kier molecular flexibility index (Phi) is 4.09. The molecule has 3 N–H and O–H groups in total. The Labute approximate surface area is 126 Å². The van der Waals surface area contributed by atoms with Gasteiger partial charge in [0, 0.05) is 23.2 Å². The fourth-order valence-electron chi connectivity index (χ4n) is 2.89. The second-order valence-corrected chi connectivity index (χ2v) is 5.68. The first-order valence-electron chi connectivity index (χ1n) is 7.52. The predicted octanol–water partition coefficient (Wildman–Crippen LogP) is 3.12. The van der Waals surface area contributed by atoms with E-state index in [9.17, 15) is 14.0 Å². The average molecular weight is 303 g/mol. The van der Waals surface area contributed by atoms with Crippen LogP contribution in [-0.4, -0.2) is 17.1 Å². The Morgan fingerprint density at radius 3 is 2.73 bits per heavy atom. The molecule has 0 unspecified atom stereocenters. The van der Waals surface area contributed by atoms with Crippen molar-refractivity contribution in [2.24, 2.45) is 0 Å². The van der Waals surface area contributed by atoms with Gasteiger partial charge in [-0.2, -0.15) is 0 Å². The molecule has 1 heterocycles. The molecule has 1 aliphatic rings. The number of pyridine rings is 1. The Balaban J connectivity index is 1.74. The number of urea groups is 1. The minimum Gasteiger partial charge on any atom is -0.335 e. The van der Waals surface area contributed by atoms with Crippen molar-refractivity contribution in [2.45, 2.75) is 38.1 Å². The Morgan fingerprint density at radius 2 is 1.95 bits per heavy atom. The third-order valence-electron chi connectivity index (χ3n) is 3.98. The van der Waals surface area contributed by atoms with Crippen molar-refractivity contribution in [1.82, 2.24) is 10.3 Å². The molecule has 3 rings (SSSR count). The highest BCUT2D eigenvalue weighted by atomic mass is 19.1. The molecule has 2 aromatic rings. The van der Waals surface area contributed by atoms with Gasteiger partial charge in [0.15, 0.2) is 0 Å². The maximum atomic E-state index is 14.0. The molecule has 1 aromatic carbocycles. The van der Waals surface area contributed by atoms with E-state index in [1.165, 1.54) is 24.6 Å². The zero-order valence-electron chi connectivity index (χ0n) is 12.1. The SMILES string of the molecule is O=C(Nc1cc(F)c2[nH]c(=O)ccc2c1)NC1CCCCC1. The van der Waals surface area contributed by atoms with Gasteiger partial charge in [0.05, 0.1) is 5.52 Å². The van der Waals surface area contributed by atoms with Crippen LogP contribution >= 0.6 is 0 Å². The van der Waals surface area contributed by atoms with Crippen LogP contribution in [0.4, 0.5) is 14.9 Å². The number of carbonyl (C=O) groups excluding carboxylic acids is 1. The number of hydrogen-bond acceptors (Lipinski definition) is 2. The summed E-state index contributed by atoms with van der Waals surface area (Å²) in [5.74, 6) is -0.567. The highest BCUT2D eigenvalue weighted by Gasteiger charge is 2.16. The maximum absolute atomic E-state index is 14.0. The zero-order valence-corrected chi connectivity index (χ0v) is 12.1. The number of halogens is 1. The molecule has 0 bridgehead atoms. The molecule has 0 saturated heterocycles. The van der Waals surface area contributed by atoms with Gasteiger partial charge in [-0.1, -0.05) is 19.3 Å². The van der Waals surface area contributed by atoms with Gasteiger partial charge < -0.3 is 15.6 Å². The van der Waals surface area contributed by atoms with Crippen LogP contribution in [0.1, 0.15) is 32.1 Å². The molecule has 22 heavy (non-hydrogen) atoms. The van der Waals surface area contributed by atoms with Gasteiger partial charge in [-0.25, -0.2) is 9.18 Å². The standard InChI is InChI=1S/C16H18FN3O2/c17-13-9-12(8-10-6-7-14(21)20-15(10)13)19-16(22)18-11-4-2-1-3-5-11/h6-9,11H,1-5H2,(H,20,21)(H2,18,19,22). The summed E-state index contributed by atoms with van der Waals surface area (Å²) in [5, 5.41) is 6.10. The van der Waals surface area contributed by atoms with E-state index < -0.39 is 5.82 Å². The van der Waals surface area contributed by atoms with Gasteiger partial charge in [-0.05, 0) is 31.0 Å². The second-order valence-electron chi connectivity index (χ2n) is 5.68. The van der Waals surface area contributed by atoms with E-state index in [1.807, 2.05) is 0 Å². The first-order valence-corrected chi connectivity index (χ1v) is 7.52. The number of nitrogens with one attached hydrogen (secondary N) is 3. The fourth-order valence-corrected chi connectivity index (χ4v) is 2.89. The van der Waals surface area contributed by atoms with Crippen LogP contribution in [-0.2, 0) is 0 Å². The van der Waals surface area contributed by atoms with E-state index in [1.54, 1.807) is 6.07 Å². The van der Waals surface area contributed by atoms with Crippen LogP contribution in [0, 0.1) is 5.82 Å². The number of anilines is 1. The second kappa shape index (κ2) is 6.17. The van der Waals surface area contributed by atoms with Gasteiger partial charge in [-0.3, -0.25) is 4.79 Å². The van der Waals surface area contributed by atoms with Crippen molar-refractivity contribution in [2.75, 3.05) is 5.32 Å². The molecule has 1 saturated carbocycles. The van der Waals surface area contributed by atoms with E-state index in [0.29, 0.717) is 11.1 Å². The summed E-state index contributed by atoms with van der Waals surface area (Å²) in [4.78, 5) is 25.6. The smallest absolute Gasteiger partial charge is 0.319 e. The quantitative estimate of drug-likeness (QED) is 0.797. The van der Waals surface area contributed by atoms with Crippen LogP contribution in [0.3, 0.4) is 0 Å². The lowest BCUT2D eigenvalue weighted by Gasteiger charge is -2.22. The molecule has 2 amide bonds. The van der Waals surface area contributed by atoms with E-state index in [0.717, 1.165) is 25.7 Å².